The van der Waals surface area contributed by atoms with Crippen molar-refractivity contribution in [3.8, 4) is 0 Å². The number of benzene rings is 2. The summed E-state index contributed by atoms with van der Waals surface area (Å²) in [5.41, 5.74) is 1.65. The highest BCUT2D eigenvalue weighted by Crippen LogP contribution is 2.29. The van der Waals surface area contributed by atoms with Gasteiger partial charge in [-0.2, -0.15) is 0 Å². The van der Waals surface area contributed by atoms with Gasteiger partial charge >= 0.3 is 0 Å². The molecular formula is C20H25Cl2F2N2O+. The monoisotopic (exact) mass is 417 g/mol. The van der Waals surface area contributed by atoms with Crippen molar-refractivity contribution in [3.63, 3.8) is 0 Å². The number of carbonyl (C=O) groups is 1. The van der Waals surface area contributed by atoms with Crippen molar-refractivity contribution >= 4 is 36.3 Å². The summed E-state index contributed by atoms with van der Waals surface area (Å²) in [4.78, 5) is 14.1. The predicted molar refractivity (Wildman–Crippen MR) is 110 cm³/mol. The van der Waals surface area contributed by atoms with Gasteiger partial charge in [0.05, 0.1) is 13.1 Å². The number of nitrogens with zero attached hydrogens (tertiary/aromatic N) is 2. The molecule has 148 valence electrons. The van der Waals surface area contributed by atoms with Crippen LogP contribution in [0, 0.1) is 11.6 Å². The number of halogens is 4. The minimum Gasteiger partial charge on any atom is -0.294 e. The fraction of sp³-hybridized carbons (Fsp3) is 0.350. The minimum atomic E-state index is -0.254. The third kappa shape index (κ3) is 5.72. The Labute approximate surface area is 171 Å². The summed E-state index contributed by atoms with van der Waals surface area (Å²) in [5.74, 6) is -0.426. The molecule has 3 nitrogen and oxygen atoms in total. The molecule has 1 aliphatic rings. The van der Waals surface area contributed by atoms with E-state index in [0.717, 1.165) is 25.2 Å². The molecule has 0 spiro atoms. The average Bonchev–Trinajstić information content (AvgIpc) is 2.59. The fourth-order valence-electron chi connectivity index (χ4n) is 3.64. The minimum absolute atomic E-state index is 0. The van der Waals surface area contributed by atoms with Crippen LogP contribution in [0.25, 0.3) is 0 Å². The van der Waals surface area contributed by atoms with Gasteiger partial charge in [0.2, 0.25) is 0 Å². The Morgan fingerprint density at radius 1 is 1.00 bits per heavy atom. The van der Waals surface area contributed by atoms with Gasteiger partial charge in [-0.1, -0.05) is 24.3 Å². The van der Waals surface area contributed by atoms with Crippen LogP contribution < -0.4 is 4.48 Å². The molecule has 0 N–H and O–H groups in total. The van der Waals surface area contributed by atoms with E-state index in [1.54, 1.807) is 31.2 Å². The Bertz CT molecular complexity index is 748. The standard InChI is InChI=1S/C20H23F2N2O.2ClH/c1-16(25)15-24(20-5-3-2-4-19(20)22)12-10-23(11-13-24)14-17-6-8-18(21)9-7-17;;/h2-9H,10-15H2,1H3;2*1H/q+1;;. The van der Waals surface area contributed by atoms with E-state index in [2.05, 4.69) is 4.90 Å². The Kier molecular flexibility index (Phi) is 8.82. The van der Waals surface area contributed by atoms with Crippen molar-refractivity contribution in [2.24, 2.45) is 0 Å². The molecule has 1 aliphatic heterocycles. The second-order valence-electron chi connectivity index (χ2n) is 6.81. The van der Waals surface area contributed by atoms with Crippen molar-refractivity contribution in [3.05, 3.63) is 65.7 Å². The summed E-state index contributed by atoms with van der Waals surface area (Å²) in [6.45, 7) is 5.50. The van der Waals surface area contributed by atoms with Gasteiger partial charge in [-0.3, -0.25) is 14.2 Å². The third-order valence-corrected chi connectivity index (χ3v) is 4.90. The summed E-state index contributed by atoms with van der Waals surface area (Å²) < 4.78 is 27.8. The molecule has 0 aromatic heterocycles. The lowest BCUT2D eigenvalue weighted by atomic mass is 10.1. The highest BCUT2D eigenvalue weighted by Gasteiger charge is 2.38. The van der Waals surface area contributed by atoms with Crippen LogP contribution in [-0.4, -0.2) is 43.4 Å². The normalized spacial score (nSPS) is 16.1. The SMILES string of the molecule is CC(=O)C[N+]1(c2ccccc2F)CCN(Cc2ccc(F)cc2)CC1.Cl.Cl. The largest absolute Gasteiger partial charge is 0.294 e. The van der Waals surface area contributed by atoms with Crippen molar-refractivity contribution in [2.75, 3.05) is 32.7 Å². The average molecular weight is 418 g/mol. The third-order valence-electron chi connectivity index (χ3n) is 4.90. The first-order chi connectivity index (χ1) is 12.0. The lowest BCUT2D eigenvalue weighted by Crippen LogP contribution is -2.62. The zero-order valence-corrected chi connectivity index (χ0v) is 16.9. The maximum absolute atomic E-state index is 14.4. The maximum atomic E-state index is 14.4. The molecule has 0 radical (unpaired) electrons. The van der Waals surface area contributed by atoms with E-state index in [1.165, 1.54) is 18.2 Å². The van der Waals surface area contributed by atoms with E-state index in [1.807, 2.05) is 6.07 Å². The fourth-order valence-corrected chi connectivity index (χ4v) is 3.64. The number of piperazine rings is 1. The second-order valence-corrected chi connectivity index (χ2v) is 6.81. The van der Waals surface area contributed by atoms with Crippen molar-refractivity contribution in [2.45, 2.75) is 13.5 Å². The molecule has 27 heavy (non-hydrogen) atoms. The molecule has 7 heteroatoms. The van der Waals surface area contributed by atoms with Crippen LogP contribution in [0.3, 0.4) is 0 Å². The van der Waals surface area contributed by atoms with Gasteiger partial charge in [0.25, 0.3) is 0 Å². The molecule has 1 saturated heterocycles. The lowest BCUT2D eigenvalue weighted by Gasteiger charge is -2.44. The highest BCUT2D eigenvalue weighted by molar-refractivity contribution is 5.85. The molecule has 2 aromatic rings. The molecule has 1 fully saturated rings. The second kappa shape index (κ2) is 10.1. The van der Waals surface area contributed by atoms with Crippen LogP contribution in [0.15, 0.2) is 48.5 Å². The van der Waals surface area contributed by atoms with Gasteiger partial charge in [0.15, 0.2) is 17.3 Å². The molecule has 3 rings (SSSR count). The topological polar surface area (TPSA) is 20.3 Å². The summed E-state index contributed by atoms with van der Waals surface area (Å²) in [7, 11) is 0. The van der Waals surface area contributed by atoms with Crippen LogP contribution in [-0.2, 0) is 11.3 Å². The van der Waals surface area contributed by atoms with Crippen molar-refractivity contribution in [1.82, 2.24) is 9.38 Å². The van der Waals surface area contributed by atoms with Gasteiger partial charge in [-0.15, -0.1) is 24.8 Å². The quantitative estimate of drug-likeness (QED) is 0.678. The van der Waals surface area contributed by atoms with Crippen LogP contribution in [0.1, 0.15) is 12.5 Å². The van der Waals surface area contributed by atoms with Crippen molar-refractivity contribution in [1.29, 1.82) is 0 Å². The molecule has 0 atom stereocenters. The number of carbonyl (C=O) groups excluding carboxylic acids is 1. The molecule has 1 heterocycles. The zero-order chi connectivity index (χ0) is 17.9. The Balaban J connectivity index is 0.00000182. The predicted octanol–water partition coefficient (Wildman–Crippen LogP) is 4.22. The number of rotatable bonds is 5. The van der Waals surface area contributed by atoms with E-state index < -0.39 is 0 Å². The molecule has 0 bridgehead atoms. The van der Waals surface area contributed by atoms with E-state index in [9.17, 15) is 13.6 Å². The molecule has 2 aromatic carbocycles. The van der Waals surface area contributed by atoms with E-state index in [0.29, 0.717) is 29.8 Å². The van der Waals surface area contributed by atoms with Crippen LogP contribution in [0.5, 0.6) is 0 Å². The number of quaternary nitrogens is 1. The van der Waals surface area contributed by atoms with Gasteiger partial charge < -0.3 is 0 Å². The first kappa shape index (κ1) is 23.5. The van der Waals surface area contributed by atoms with Crippen molar-refractivity contribution < 1.29 is 13.6 Å². The zero-order valence-electron chi connectivity index (χ0n) is 15.2. The molecule has 0 aliphatic carbocycles. The summed E-state index contributed by atoms with van der Waals surface area (Å²) >= 11 is 0. The first-order valence-electron chi connectivity index (χ1n) is 8.56. The molecule has 0 amide bonds. The number of ketones is 1. The smallest absolute Gasteiger partial charge is 0.184 e. The summed E-state index contributed by atoms with van der Waals surface area (Å²) in [6, 6.07) is 13.3. The summed E-state index contributed by atoms with van der Waals surface area (Å²) in [6.07, 6.45) is 0. The lowest BCUT2D eigenvalue weighted by molar-refractivity contribution is -0.118. The molecule has 0 unspecified atom stereocenters. The number of para-hydroxylation sites is 1. The van der Waals surface area contributed by atoms with E-state index >= 15 is 0 Å². The van der Waals surface area contributed by atoms with Gasteiger partial charge in [-0.25, -0.2) is 8.78 Å². The van der Waals surface area contributed by atoms with Gasteiger partial charge in [0.1, 0.15) is 12.4 Å². The van der Waals surface area contributed by atoms with E-state index in [4.69, 9.17) is 0 Å². The Morgan fingerprint density at radius 2 is 1.59 bits per heavy atom. The number of hydrogen-bond donors (Lipinski definition) is 0. The van der Waals surface area contributed by atoms with Gasteiger partial charge in [0, 0.05) is 32.6 Å². The van der Waals surface area contributed by atoms with Crippen LogP contribution >= 0.6 is 24.8 Å². The summed E-state index contributed by atoms with van der Waals surface area (Å²) in [5, 5.41) is 0. The van der Waals surface area contributed by atoms with Crippen LogP contribution in [0.2, 0.25) is 0 Å². The van der Waals surface area contributed by atoms with E-state index in [-0.39, 0.29) is 42.2 Å². The number of Topliss-reactive ketones (excluding diaryl/α,β-unsaturated/α-hetero) is 1. The maximum Gasteiger partial charge on any atom is 0.184 e. The number of hydrogen-bond acceptors (Lipinski definition) is 2. The first-order valence-corrected chi connectivity index (χ1v) is 8.56. The molecular weight excluding hydrogens is 393 g/mol. The van der Waals surface area contributed by atoms with Crippen LogP contribution in [0.4, 0.5) is 14.5 Å². The Morgan fingerprint density at radius 3 is 2.15 bits per heavy atom. The Hall–Kier alpha value is -1.53. The highest BCUT2D eigenvalue weighted by atomic mass is 35.5. The molecule has 0 saturated carbocycles. The van der Waals surface area contributed by atoms with Gasteiger partial charge in [-0.05, 0) is 23.8 Å².